The normalized spacial score (nSPS) is 26.8. The van der Waals surface area contributed by atoms with Gasteiger partial charge in [0.1, 0.15) is 30.1 Å². The second kappa shape index (κ2) is 10.6. The Balaban J connectivity index is 0.00000420. The molecule has 1 aromatic rings. The monoisotopic (exact) mass is 444 g/mol. The average molecular weight is 444 g/mol. The van der Waals surface area contributed by atoms with Crippen LogP contribution in [0.2, 0.25) is 0 Å². The Kier molecular flexibility index (Phi) is 9.39. The fourth-order valence-electron chi connectivity index (χ4n) is 2.49. The third-order valence-corrected chi connectivity index (χ3v) is 4.17. The van der Waals surface area contributed by atoms with Gasteiger partial charge in [0, 0.05) is 19.1 Å². The van der Waals surface area contributed by atoms with Crippen LogP contribution in [0.3, 0.4) is 0 Å². The molecule has 3 N–H and O–H groups in total. The number of rotatable bonds is 7. The summed E-state index contributed by atoms with van der Waals surface area (Å²) in [7, 11) is -5.08. The summed E-state index contributed by atoms with van der Waals surface area (Å²) in [5, 5.41) is 33.3. The minimum atomic E-state index is -5.08. The van der Waals surface area contributed by atoms with Crippen molar-refractivity contribution in [2.24, 2.45) is 0 Å². The van der Waals surface area contributed by atoms with Crippen LogP contribution in [0.4, 0.5) is 5.69 Å². The number of nitrogens with zero attached hydrogens (tertiary/aromatic N) is 1. The van der Waals surface area contributed by atoms with E-state index in [0.29, 0.717) is 0 Å². The molecular weight excluding hydrogens is 427 g/mol. The number of nitro benzene ring substituents is 1. The predicted octanol–water partition coefficient (Wildman–Crippen LogP) is -4.59. The average Bonchev–Trinajstić information content (AvgIpc) is 2.59. The number of carbonyl (C=O) groups is 1. The van der Waals surface area contributed by atoms with E-state index in [9.17, 15) is 38.1 Å². The Morgan fingerprint density at radius 2 is 1.86 bits per heavy atom. The van der Waals surface area contributed by atoms with Gasteiger partial charge in [0.15, 0.2) is 0 Å². The smallest absolute Gasteiger partial charge is 0.726 e. The molecule has 15 heteroatoms. The van der Waals surface area contributed by atoms with E-state index in [2.05, 4.69) is 9.50 Å². The van der Waals surface area contributed by atoms with Crippen LogP contribution in [-0.4, -0.2) is 71.3 Å². The van der Waals surface area contributed by atoms with Gasteiger partial charge in [0.05, 0.1) is 11.5 Å². The summed E-state index contributed by atoms with van der Waals surface area (Å²) in [4.78, 5) is 21.5. The molecule has 13 nitrogen and oxygen atoms in total. The number of non-ortho nitro benzene ring substituents is 1. The molecule has 1 amide bonds. The van der Waals surface area contributed by atoms with Crippen molar-refractivity contribution in [3.8, 4) is 5.75 Å². The minimum absolute atomic E-state index is 0. The van der Waals surface area contributed by atoms with Crippen molar-refractivity contribution in [2.45, 2.75) is 37.6 Å². The largest absolute Gasteiger partial charge is 1.00 e. The molecule has 0 unspecified atom stereocenters. The predicted molar refractivity (Wildman–Crippen MR) is 87.7 cm³/mol. The Labute approximate surface area is 187 Å². The van der Waals surface area contributed by atoms with Gasteiger partial charge < -0.3 is 29.6 Å². The standard InChI is InChI=1S/C14H18N2O11S.Na/c1-7(17)15-11-13(19)12(18)10(6-25-28(22,23)24)27-14(11)26-9-4-2-8(3-5-9)16(20)21;/h2-5,10-14,18-19H,6H2,1H3,(H,15,17)(H,22,23,24);/q;+1/p-1/t10-,11-,12+,13-,14-;/m1./s1. The van der Waals surface area contributed by atoms with Gasteiger partial charge in [0.2, 0.25) is 22.6 Å². The summed E-state index contributed by atoms with van der Waals surface area (Å²) in [5.41, 5.74) is -0.210. The van der Waals surface area contributed by atoms with Crippen molar-refractivity contribution in [2.75, 3.05) is 6.61 Å². The summed E-state index contributed by atoms with van der Waals surface area (Å²) < 4.78 is 46.7. The molecule has 1 heterocycles. The van der Waals surface area contributed by atoms with Crippen LogP contribution in [0.15, 0.2) is 24.3 Å². The van der Waals surface area contributed by atoms with Crippen LogP contribution in [0.5, 0.6) is 5.75 Å². The molecule has 0 aliphatic carbocycles. The SMILES string of the molecule is CC(=O)N[C@H]1[C@H](Oc2ccc([N+](=O)[O-])cc2)O[C@H](COS(=O)(=O)[O-])[C@H](O)[C@@H]1O.[Na+]. The van der Waals surface area contributed by atoms with Crippen LogP contribution in [0.25, 0.3) is 0 Å². The van der Waals surface area contributed by atoms with Crippen LogP contribution < -0.4 is 39.6 Å². The van der Waals surface area contributed by atoms with E-state index in [0.717, 1.165) is 19.1 Å². The van der Waals surface area contributed by atoms with Crippen LogP contribution in [-0.2, 0) is 24.1 Å². The third-order valence-electron chi connectivity index (χ3n) is 3.75. The Bertz CT molecular complexity index is 819. The van der Waals surface area contributed by atoms with Crippen molar-refractivity contribution in [1.29, 1.82) is 0 Å². The number of nitro groups is 1. The molecule has 1 aliphatic rings. The van der Waals surface area contributed by atoms with Crippen LogP contribution in [0.1, 0.15) is 6.92 Å². The van der Waals surface area contributed by atoms with Crippen molar-refractivity contribution in [3.63, 3.8) is 0 Å². The second-order valence-electron chi connectivity index (χ2n) is 5.81. The van der Waals surface area contributed by atoms with Crippen molar-refractivity contribution < 1.29 is 76.1 Å². The zero-order valence-corrected chi connectivity index (χ0v) is 18.1. The molecule has 1 fully saturated rings. The number of ether oxygens (including phenoxy) is 2. The molecule has 0 aromatic heterocycles. The van der Waals surface area contributed by atoms with Gasteiger partial charge in [-0.25, -0.2) is 8.42 Å². The molecule has 29 heavy (non-hydrogen) atoms. The van der Waals surface area contributed by atoms with E-state index in [1.165, 1.54) is 12.1 Å². The van der Waals surface area contributed by atoms with E-state index in [1.807, 2.05) is 0 Å². The van der Waals surface area contributed by atoms with E-state index in [4.69, 9.17) is 9.47 Å². The number of benzene rings is 1. The maximum absolute atomic E-state index is 11.4. The van der Waals surface area contributed by atoms with E-state index < -0.39 is 58.5 Å². The number of nitrogens with one attached hydrogen (secondary N) is 1. The maximum Gasteiger partial charge on any atom is 1.00 e. The summed E-state index contributed by atoms with van der Waals surface area (Å²) >= 11 is 0. The first kappa shape index (κ1) is 25.7. The molecule has 0 spiro atoms. The summed E-state index contributed by atoms with van der Waals surface area (Å²) in [6.45, 7) is 0.234. The van der Waals surface area contributed by atoms with Gasteiger partial charge in [-0.3, -0.25) is 19.1 Å². The number of amides is 1. The molecule has 156 valence electrons. The van der Waals surface area contributed by atoms with Gasteiger partial charge >= 0.3 is 29.6 Å². The number of hydrogen-bond acceptors (Lipinski definition) is 11. The van der Waals surface area contributed by atoms with E-state index in [1.54, 1.807) is 0 Å². The molecule has 0 radical (unpaired) electrons. The van der Waals surface area contributed by atoms with Gasteiger partial charge in [-0.2, -0.15) is 0 Å². The molecular formula is C14H17N2NaO11S. The summed E-state index contributed by atoms with van der Waals surface area (Å²) in [5.74, 6) is -0.528. The minimum Gasteiger partial charge on any atom is -0.726 e. The topological polar surface area (TPSA) is 198 Å². The molecule has 1 aliphatic heterocycles. The van der Waals surface area contributed by atoms with Crippen molar-refractivity contribution in [1.82, 2.24) is 5.32 Å². The van der Waals surface area contributed by atoms with Gasteiger partial charge in [0.25, 0.3) is 5.69 Å². The van der Waals surface area contributed by atoms with E-state index in [-0.39, 0.29) is 41.0 Å². The van der Waals surface area contributed by atoms with Crippen molar-refractivity contribution >= 4 is 22.0 Å². The fourth-order valence-corrected chi connectivity index (χ4v) is 2.79. The third kappa shape index (κ3) is 7.44. The van der Waals surface area contributed by atoms with Gasteiger partial charge in [-0.1, -0.05) is 0 Å². The molecule has 1 saturated heterocycles. The number of hydrogen-bond donors (Lipinski definition) is 3. The zero-order valence-electron chi connectivity index (χ0n) is 15.3. The number of aliphatic hydroxyl groups excluding tert-OH is 2. The first-order valence-electron chi connectivity index (χ1n) is 7.78. The molecule has 2 rings (SSSR count). The maximum atomic E-state index is 11.4. The quantitative estimate of drug-likeness (QED) is 0.120. The van der Waals surface area contributed by atoms with Crippen molar-refractivity contribution in [3.05, 3.63) is 34.4 Å². The zero-order chi connectivity index (χ0) is 21.1. The summed E-state index contributed by atoms with van der Waals surface area (Å²) in [6, 6.07) is 3.47. The first-order chi connectivity index (χ1) is 13.0. The van der Waals surface area contributed by atoms with Crippen LogP contribution in [0, 0.1) is 10.1 Å². The Morgan fingerprint density at radius 1 is 1.28 bits per heavy atom. The number of carbonyl (C=O) groups excluding carboxylic acids is 1. The van der Waals surface area contributed by atoms with Crippen LogP contribution >= 0.6 is 0 Å². The molecule has 5 atom stereocenters. The number of aliphatic hydroxyl groups is 2. The first-order valence-corrected chi connectivity index (χ1v) is 9.11. The Hall–Kier alpha value is -1.36. The second-order valence-corrected chi connectivity index (χ2v) is 6.86. The van der Waals surface area contributed by atoms with Gasteiger partial charge in [-0.15, -0.1) is 0 Å². The fraction of sp³-hybridized carbons (Fsp3) is 0.500. The Morgan fingerprint density at radius 3 is 2.34 bits per heavy atom. The molecule has 0 bridgehead atoms. The molecule has 1 aromatic carbocycles. The molecule has 0 saturated carbocycles. The summed E-state index contributed by atoms with van der Waals surface area (Å²) in [6.07, 6.45) is -6.29. The van der Waals surface area contributed by atoms with Gasteiger partial charge in [-0.05, 0) is 12.1 Å². The van der Waals surface area contributed by atoms with E-state index >= 15 is 0 Å².